The molecular formula is C18H12F3PS3. The van der Waals surface area contributed by atoms with E-state index in [2.05, 4.69) is 0 Å². The van der Waals surface area contributed by atoms with Gasteiger partial charge in [-0.15, -0.1) is 0 Å². The van der Waals surface area contributed by atoms with E-state index in [1.165, 1.54) is 52.3 Å². The van der Waals surface area contributed by atoms with Crippen LogP contribution in [0.2, 0.25) is 0 Å². The highest BCUT2D eigenvalue weighted by Crippen LogP contribution is 2.76. The zero-order chi connectivity index (χ0) is 17.6. The lowest BCUT2D eigenvalue weighted by molar-refractivity contribution is 0.602. The standard InChI is InChI=1S/C18H12F3PS3/c19-13-7-1-4-10-16(13)23-22(24-17-11-5-2-8-14(17)20)25-18-12-6-3-9-15(18)21/h1-12H. The molecule has 3 aromatic carbocycles. The van der Waals surface area contributed by atoms with Gasteiger partial charge in [-0.25, -0.2) is 13.2 Å². The minimum Gasteiger partial charge on any atom is -0.206 e. The van der Waals surface area contributed by atoms with Crippen LogP contribution < -0.4 is 0 Å². The van der Waals surface area contributed by atoms with Gasteiger partial charge in [-0.2, -0.15) is 0 Å². The predicted molar refractivity (Wildman–Crippen MR) is 104 cm³/mol. The second-order valence-corrected chi connectivity index (χ2v) is 14.1. The van der Waals surface area contributed by atoms with E-state index in [9.17, 15) is 13.2 Å². The van der Waals surface area contributed by atoms with Crippen molar-refractivity contribution in [1.29, 1.82) is 0 Å². The van der Waals surface area contributed by atoms with Crippen LogP contribution in [0.5, 0.6) is 0 Å². The van der Waals surface area contributed by atoms with Gasteiger partial charge in [0.05, 0.1) is 5.53 Å². The normalized spacial score (nSPS) is 11.0. The molecule has 0 saturated carbocycles. The van der Waals surface area contributed by atoms with Gasteiger partial charge in [-0.1, -0.05) is 70.5 Å². The lowest BCUT2D eigenvalue weighted by atomic mass is 10.4. The topological polar surface area (TPSA) is 0 Å². The van der Waals surface area contributed by atoms with Crippen molar-refractivity contribution in [2.45, 2.75) is 14.7 Å². The SMILES string of the molecule is Fc1ccccc1SP(Sc1ccccc1F)Sc1ccccc1F. The smallest absolute Gasteiger partial charge is 0.137 e. The minimum atomic E-state index is -1.11. The molecule has 0 fully saturated rings. The van der Waals surface area contributed by atoms with E-state index in [1.807, 2.05) is 0 Å². The molecular weight excluding hydrogens is 400 g/mol. The summed E-state index contributed by atoms with van der Waals surface area (Å²) in [4.78, 5) is 1.42. The third kappa shape index (κ3) is 5.20. The van der Waals surface area contributed by atoms with Gasteiger partial charge in [0.25, 0.3) is 0 Å². The maximum atomic E-state index is 14.0. The first-order valence-corrected chi connectivity index (χ1v) is 12.8. The number of hydrogen-bond acceptors (Lipinski definition) is 3. The van der Waals surface area contributed by atoms with Crippen LogP contribution in [0.15, 0.2) is 87.5 Å². The van der Waals surface area contributed by atoms with Crippen LogP contribution in [0.4, 0.5) is 13.2 Å². The fourth-order valence-corrected chi connectivity index (χ4v) is 11.8. The van der Waals surface area contributed by atoms with Gasteiger partial charge >= 0.3 is 0 Å². The Labute approximate surface area is 157 Å². The van der Waals surface area contributed by atoms with Gasteiger partial charge < -0.3 is 0 Å². The van der Waals surface area contributed by atoms with E-state index in [4.69, 9.17) is 0 Å². The summed E-state index contributed by atoms with van der Waals surface area (Å²) in [5.41, 5.74) is -1.11. The Kier molecular flexibility index (Phi) is 6.77. The Balaban J connectivity index is 1.86. The number of halogens is 3. The Hall–Kier alpha value is -1.07. The van der Waals surface area contributed by atoms with Crippen molar-refractivity contribution in [2.24, 2.45) is 0 Å². The number of hydrogen-bond donors (Lipinski definition) is 0. The minimum absolute atomic E-state index is 0.330. The van der Waals surface area contributed by atoms with Gasteiger partial charge in [0.1, 0.15) is 17.5 Å². The molecule has 0 aliphatic rings. The van der Waals surface area contributed by atoms with Crippen LogP contribution in [0, 0.1) is 17.5 Å². The molecule has 0 N–H and O–H groups in total. The molecule has 0 saturated heterocycles. The van der Waals surface area contributed by atoms with E-state index in [0.29, 0.717) is 14.7 Å². The highest BCUT2D eigenvalue weighted by molar-refractivity contribution is 9.12. The van der Waals surface area contributed by atoms with E-state index >= 15 is 0 Å². The molecule has 0 bridgehead atoms. The maximum absolute atomic E-state index is 14.0. The van der Waals surface area contributed by atoms with Crippen LogP contribution in [0.3, 0.4) is 0 Å². The van der Waals surface area contributed by atoms with Gasteiger partial charge in [0, 0.05) is 14.7 Å². The monoisotopic (exact) mass is 412 g/mol. The van der Waals surface area contributed by atoms with Crippen LogP contribution in [-0.4, -0.2) is 0 Å². The van der Waals surface area contributed by atoms with E-state index in [-0.39, 0.29) is 17.5 Å². The average molecular weight is 412 g/mol. The summed E-state index contributed by atoms with van der Waals surface area (Å²) in [5.74, 6) is -0.991. The largest absolute Gasteiger partial charge is 0.206 e. The van der Waals surface area contributed by atoms with E-state index in [1.54, 1.807) is 54.6 Å². The van der Waals surface area contributed by atoms with Gasteiger partial charge in [-0.05, 0) is 36.4 Å². The molecule has 0 aromatic heterocycles. The quantitative estimate of drug-likeness (QED) is 0.376. The third-order valence-electron chi connectivity index (χ3n) is 3.03. The van der Waals surface area contributed by atoms with Crippen molar-refractivity contribution < 1.29 is 13.2 Å². The second kappa shape index (κ2) is 9.04. The molecule has 0 nitrogen and oxygen atoms in total. The number of benzene rings is 3. The highest BCUT2D eigenvalue weighted by atomic mass is 33.4. The zero-order valence-electron chi connectivity index (χ0n) is 12.7. The van der Waals surface area contributed by atoms with Crippen molar-refractivity contribution in [3.63, 3.8) is 0 Å². The summed E-state index contributed by atoms with van der Waals surface area (Å²) >= 11 is 3.91. The number of rotatable bonds is 6. The van der Waals surface area contributed by atoms with Crippen molar-refractivity contribution in [3.05, 3.63) is 90.2 Å². The zero-order valence-corrected chi connectivity index (χ0v) is 16.1. The average Bonchev–Trinajstić information content (AvgIpc) is 2.61. The van der Waals surface area contributed by atoms with Crippen molar-refractivity contribution in [1.82, 2.24) is 0 Å². The molecule has 0 atom stereocenters. The predicted octanol–water partition coefficient (Wildman–Crippen LogP) is 8.01. The first-order valence-electron chi connectivity index (χ1n) is 7.21. The van der Waals surface area contributed by atoms with Crippen LogP contribution in [0.1, 0.15) is 0 Å². The summed E-state index contributed by atoms with van der Waals surface area (Å²) in [6.07, 6.45) is 0. The van der Waals surface area contributed by atoms with Crippen molar-refractivity contribution in [2.75, 3.05) is 0 Å². The van der Waals surface area contributed by atoms with Gasteiger partial charge in [0.2, 0.25) is 0 Å². The second-order valence-electron chi connectivity index (χ2n) is 4.79. The lowest BCUT2D eigenvalue weighted by Crippen LogP contribution is -1.80. The van der Waals surface area contributed by atoms with Crippen LogP contribution >= 0.6 is 39.7 Å². The summed E-state index contributed by atoms with van der Waals surface area (Å²) in [5, 5.41) is 0. The van der Waals surface area contributed by atoms with Crippen LogP contribution in [0.25, 0.3) is 0 Å². The molecule has 0 amide bonds. The Morgan fingerprint density at radius 2 is 0.760 bits per heavy atom. The lowest BCUT2D eigenvalue weighted by Gasteiger charge is -2.16. The summed E-state index contributed by atoms with van der Waals surface area (Å²) in [6.45, 7) is 0. The molecule has 0 radical (unpaired) electrons. The fraction of sp³-hybridized carbons (Fsp3) is 0. The first kappa shape index (κ1) is 18.7. The van der Waals surface area contributed by atoms with E-state index < -0.39 is 5.53 Å². The Morgan fingerprint density at radius 1 is 0.480 bits per heavy atom. The van der Waals surface area contributed by atoms with E-state index in [0.717, 1.165) is 0 Å². The van der Waals surface area contributed by atoms with Gasteiger partial charge in [0.15, 0.2) is 0 Å². The van der Waals surface area contributed by atoms with Gasteiger partial charge in [-0.3, -0.25) is 0 Å². The van der Waals surface area contributed by atoms with Crippen molar-refractivity contribution >= 4 is 39.7 Å². The Morgan fingerprint density at radius 3 is 1.04 bits per heavy atom. The molecule has 3 aromatic rings. The first-order chi connectivity index (χ1) is 12.1. The molecule has 0 aliphatic heterocycles. The molecule has 0 aliphatic carbocycles. The summed E-state index contributed by atoms with van der Waals surface area (Å²) < 4.78 is 42.0. The summed E-state index contributed by atoms with van der Waals surface area (Å²) in [7, 11) is 0. The summed E-state index contributed by atoms with van der Waals surface area (Å²) in [6, 6.07) is 19.3. The highest BCUT2D eigenvalue weighted by Gasteiger charge is 2.19. The fourth-order valence-electron chi connectivity index (χ4n) is 1.85. The third-order valence-corrected chi connectivity index (χ3v) is 12.2. The van der Waals surface area contributed by atoms with Crippen LogP contribution in [-0.2, 0) is 0 Å². The molecule has 0 heterocycles. The molecule has 3 rings (SSSR count). The molecule has 0 unspecified atom stereocenters. The van der Waals surface area contributed by atoms with Crippen molar-refractivity contribution in [3.8, 4) is 0 Å². The molecule has 7 heteroatoms. The maximum Gasteiger partial charge on any atom is 0.137 e. The molecule has 128 valence electrons. The molecule has 0 spiro atoms. The Bertz CT molecular complexity index is 747. The molecule has 25 heavy (non-hydrogen) atoms.